The molecule has 140 valence electrons. The minimum atomic E-state index is -0.987. The number of amides is 1. The lowest BCUT2D eigenvalue weighted by atomic mass is 9.65. The van der Waals surface area contributed by atoms with E-state index in [1.807, 2.05) is 48.5 Å². The van der Waals surface area contributed by atoms with Crippen LogP contribution in [0.15, 0.2) is 0 Å². The number of ether oxygens (including phenoxy) is 1. The molecule has 1 rings (SSSR count). The van der Waals surface area contributed by atoms with Crippen LogP contribution < -0.4 is 5.73 Å². The minimum absolute atomic E-state index is 0.0754. The summed E-state index contributed by atoms with van der Waals surface area (Å²) in [4.78, 5) is 26.2. The number of nitrogens with two attached hydrogens (primary N) is 1. The number of carboxylic acids is 1. The number of aliphatic carboxylic acids is 1. The first-order valence-electron chi connectivity index (χ1n) is 8.62. The van der Waals surface area contributed by atoms with Gasteiger partial charge in [0.25, 0.3) is 0 Å². The van der Waals surface area contributed by atoms with E-state index < -0.39 is 34.7 Å². The highest BCUT2D eigenvalue weighted by molar-refractivity contribution is 5.72. The van der Waals surface area contributed by atoms with Crippen LogP contribution in [0.5, 0.6) is 0 Å². The van der Waals surface area contributed by atoms with Gasteiger partial charge in [-0.3, -0.25) is 9.69 Å². The average molecular weight is 342 g/mol. The summed E-state index contributed by atoms with van der Waals surface area (Å²) in [5, 5.41) is 9.70. The Balaban J connectivity index is 3.26. The highest BCUT2D eigenvalue weighted by atomic mass is 16.6. The molecule has 1 heterocycles. The maximum Gasteiger partial charge on any atom is 0.411 e. The Morgan fingerprint density at radius 1 is 1.21 bits per heavy atom. The zero-order valence-corrected chi connectivity index (χ0v) is 16.3. The van der Waals surface area contributed by atoms with Crippen LogP contribution in [0.25, 0.3) is 0 Å². The van der Waals surface area contributed by atoms with Crippen LogP contribution in [0.1, 0.15) is 68.2 Å². The molecule has 0 aromatic carbocycles. The minimum Gasteiger partial charge on any atom is -0.481 e. The van der Waals surface area contributed by atoms with Crippen molar-refractivity contribution in [2.75, 3.05) is 0 Å². The van der Waals surface area contributed by atoms with Gasteiger partial charge in [0.2, 0.25) is 0 Å². The van der Waals surface area contributed by atoms with Crippen molar-refractivity contribution in [3.05, 3.63) is 0 Å². The largest absolute Gasteiger partial charge is 0.481 e. The summed E-state index contributed by atoms with van der Waals surface area (Å²) in [6, 6.07) is -0.206. The third-order valence-corrected chi connectivity index (χ3v) is 4.78. The monoisotopic (exact) mass is 342 g/mol. The van der Waals surface area contributed by atoms with Crippen molar-refractivity contribution in [3.8, 4) is 0 Å². The second-order valence-electron chi connectivity index (χ2n) is 9.25. The number of rotatable bonds is 1. The molecule has 3 N–H and O–H groups in total. The van der Waals surface area contributed by atoms with E-state index in [1.54, 1.807) is 11.8 Å². The average Bonchev–Trinajstić information content (AvgIpc) is 2.19. The fourth-order valence-electron chi connectivity index (χ4n) is 4.45. The van der Waals surface area contributed by atoms with Crippen LogP contribution >= 0.6 is 0 Å². The van der Waals surface area contributed by atoms with Crippen LogP contribution in [-0.2, 0) is 9.53 Å². The Morgan fingerprint density at radius 3 is 2.12 bits per heavy atom. The summed E-state index contributed by atoms with van der Waals surface area (Å²) in [7, 11) is 0. The van der Waals surface area contributed by atoms with Gasteiger partial charge in [-0.15, -0.1) is 0 Å². The van der Waals surface area contributed by atoms with E-state index in [0.717, 1.165) is 0 Å². The molecule has 4 unspecified atom stereocenters. The summed E-state index contributed by atoms with van der Waals surface area (Å²) >= 11 is 0. The first-order valence-corrected chi connectivity index (χ1v) is 8.62. The van der Waals surface area contributed by atoms with Crippen LogP contribution in [0.3, 0.4) is 0 Å². The number of carbonyl (C=O) groups is 2. The molecule has 0 aromatic rings. The van der Waals surface area contributed by atoms with Gasteiger partial charge in [-0.1, -0.05) is 20.8 Å². The van der Waals surface area contributed by atoms with Crippen molar-refractivity contribution >= 4 is 12.1 Å². The number of hydrogen-bond donors (Lipinski definition) is 2. The van der Waals surface area contributed by atoms with Gasteiger partial charge in [-0.05, 0) is 58.8 Å². The van der Waals surface area contributed by atoms with Gasteiger partial charge in [0.15, 0.2) is 0 Å². The zero-order chi connectivity index (χ0) is 19.1. The molecular formula is C18H34N2O4. The lowest BCUT2D eigenvalue weighted by molar-refractivity contribution is -0.152. The molecule has 0 saturated carbocycles. The summed E-state index contributed by atoms with van der Waals surface area (Å²) in [6.07, 6.45) is 0.494. The van der Waals surface area contributed by atoms with Crippen molar-refractivity contribution in [2.45, 2.75) is 85.5 Å². The first kappa shape index (κ1) is 20.7. The third kappa shape index (κ3) is 4.62. The standard InChI is InChI=1S/C18H34N2O4/c1-11-9-12(2)20(15(23)24-16(3,4)5)18(8,19)10-17(6,7)13(11)14(21)22/h11-13H,9-10,19H2,1-8H3,(H,21,22). The van der Waals surface area contributed by atoms with E-state index in [2.05, 4.69) is 0 Å². The molecule has 1 amide bonds. The molecule has 4 atom stereocenters. The molecule has 1 aliphatic rings. The molecule has 0 aromatic heterocycles. The van der Waals surface area contributed by atoms with Gasteiger partial charge < -0.3 is 15.6 Å². The predicted octanol–water partition coefficient (Wildman–Crippen LogP) is 3.44. The number of carbonyl (C=O) groups excluding carboxylic acids is 1. The van der Waals surface area contributed by atoms with E-state index in [9.17, 15) is 14.7 Å². The van der Waals surface area contributed by atoms with Gasteiger partial charge in [0.1, 0.15) is 5.60 Å². The molecule has 1 fully saturated rings. The van der Waals surface area contributed by atoms with Crippen LogP contribution in [-0.4, -0.2) is 39.4 Å². The van der Waals surface area contributed by atoms with E-state index >= 15 is 0 Å². The molecule has 0 aliphatic carbocycles. The number of hydrogen-bond acceptors (Lipinski definition) is 4. The van der Waals surface area contributed by atoms with Crippen molar-refractivity contribution < 1.29 is 19.4 Å². The van der Waals surface area contributed by atoms with E-state index in [-0.39, 0.29) is 12.0 Å². The molecule has 24 heavy (non-hydrogen) atoms. The zero-order valence-electron chi connectivity index (χ0n) is 16.3. The highest BCUT2D eigenvalue weighted by Gasteiger charge is 2.50. The fourth-order valence-corrected chi connectivity index (χ4v) is 4.45. The van der Waals surface area contributed by atoms with Gasteiger partial charge in [-0.25, -0.2) is 4.79 Å². The van der Waals surface area contributed by atoms with Crippen molar-refractivity contribution in [1.29, 1.82) is 0 Å². The van der Waals surface area contributed by atoms with Crippen molar-refractivity contribution in [2.24, 2.45) is 23.0 Å². The van der Waals surface area contributed by atoms with Crippen LogP contribution in [0, 0.1) is 17.3 Å². The number of likely N-dealkylation sites (tertiary alicyclic amines) is 1. The molecule has 6 nitrogen and oxygen atoms in total. The van der Waals surface area contributed by atoms with Gasteiger partial charge in [0, 0.05) is 6.04 Å². The van der Waals surface area contributed by atoms with Gasteiger partial charge in [0.05, 0.1) is 11.6 Å². The lowest BCUT2D eigenvalue weighted by Gasteiger charge is -2.51. The van der Waals surface area contributed by atoms with Crippen LogP contribution in [0.4, 0.5) is 4.79 Å². The van der Waals surface area contributed by atoms with Crippen LogP contribution in [0.2, 0.25) is 0 Å². The summed E-state index contributed by atoms with van der Waals surface area (Å²) in [5.41, 5.74) is 4.37. The maximum atomic E-state index is 12.7. The normalized spacial score (nSPS) is 34.2. The van der Waals surface area contributed by atoms with E-state index in [0.29, 0.717) is 12.8 Å². The summed E-state index contributed by atoms with van der Waals surface area (Å²) < 4.78 is 5.55. The topological polar surface area (TPSA) is 92.9 Å². The second-order valence-corrected chi connectivity index (χ2v) is 9.25. The number of carboxylic acid groups (broad SMARTS) is 1. The number of nitrogens with zero attached hydrogens (tertiary/aromatic N) is 1. The first-order chi connectivity index (χ1) is 10.6. The second kappa shape index (κ2) is 6.54. The lowest BCUT2D eigenvalue weighted by Crippen LogP contribution is -2.64. The van der Waals surface area contributed by atoms with Gasteiger partial charge in [-0.2, -0.15) is 0 Å². The summed E-state index contributed by atoms with van der Waals surface area (Å²) in [6.45, 7) is 14.9. The van der Waals surface area contributed by atoms with E-state index in [1.165, 1.54) is 0 Å². The smallest absolute Gasteiger partial charge is 0.411 e. The molecule has 1 saturated heterocycles. The molecule has 1 aliphatic heterocycles. The maximum absolute atomic E-state index is 12.7. The van der Waals surface area contributed by atoms with E-state index in [4.69, 9.17) is 10.5 Å². The molecule has 0 radical (unpaired) electrons. The Hall–Kier alpha value is -1.30. The summed E-state index contributed by atoms with van der Waals surface area (Å²) in [5.74, 6) is -1.39. The Bertz CT molecular complexity index is 494. The Labute approximate surface area is 145 Å². The fraction of sp³-hybridized carbons (Fsp3) is 0.889. The SMILES string of the molecule is CC1CC(C)N(C(=O)OC(C)(C)C)C(C)(N)CC(C)(C)C1C(=O)O. The molecule has 0 spiro atoms. The predicted molar refractivity (Wildman–Crippen MR) is 93.4 cm³/mol. The van der Waals surface area contributed by atoms with Crippen molar-refractivity contribution in [1.82, 2.24) is 4.90 Å². The van der Waals surface area contributed by atoms with Gasteiger partial charge >= 0.3 is 12.1 Å². The molecule has 6 heteroatoms. The Kier molecular flexibility index (Phi) is 5.65. The molecule has 0 bridgehead atoms. The highest BCUT2D eigenvalue weighted by Crippen LogP contribution is 2.44. The quantitative estimate of drug-likeness (QED) is 0.761. The molecular weight excluding hydrogens is 308 g/mol. The third-order valence-electron chi connectivity index (χ3n) is 4.78. The Morgan fingerprint density at radius 2 is 1.71 bits per heavy atom. The van der Waals surface area contributed by atoms with Crippen molar-refractivity contribution in [3.63, 3.8) is 0 Å².